The zero-order valence-electron chi connectivity index (χ0n) is 12.1. The molecule has 0 saturated heterocycles. The first-order valence-electron chi connectivity index (χ1n) is 6.65. The van der Waals surface area contributed by atoms with Crippen molar-refractivity contribution in [1.82, 2.24) is 0 Å². The lowest BCUT2D eigenvalue weighted by atomic mass is 10.2. The molecule has 0 heterocycles. The van der Waals surface area contributed by atoms with Gasteiger partial charge in [0.25, 0.3) is 0 Å². The molecule has 2 aromatic carbocycles. The second-order valence-corrected chi connectivity index (χ2v) is 4.39. The van der Waals surface area contributed by atoms with Crippen LogP contribution in [0.4, 0.5) is 5.69 Å². The van der Waals surface area contributed by atoms with E-state index in [1.807, 2.05) is 62.5 Å². The Hall–Kier alpha value is -2.29. The SMILES string of the molecule is CCOc1cc(C=Nc2ccccc2C)ccc1OC. The van der Waals surface area contributed by atoms with Gasteiger partial charge in [-0.15, -0.1) is 0 Å². The Kier molecular flexibility index (Phi) is 4.77. The van der Waals surface area contributed by atoms with E-state index in [9.17, 15) is 0 Å². The third-order valence-electron chi connectivity index (χ3n) is 2.96. The van der Waals surface area contributed by atoms with E-state index in [1.165, 1.54) is 0 Å². The molecule has 104 valence electrons. The lowest BCUT2D eigenvalue weighted by Gasteiger charge is -2.09. The highest BCUT2D eigenvalue weighted by molar-refractivity contribution is 5.83. The Morgan fingerprint density at radius 2 is 1.90 bits per heavy atom. The van der Waals surface area contributed by atoms with Crippen LogP contribution >= 0.6 is 0 Å². The molecule has 0 unspecified atom stereocenters. The number of methoxy groups -OCH3 is 1. The van der Waals surface area contributed by atoms with Crippen molar-refractivity contribution >= 4 is 11.9 Å². The van der Waals surface area contributed by atoms with Crippen LogP contribution in [0.1, 0.15) is 18.1 Å². The Bertz CT molecular complexity index is 606. The van der Waals surface area contributed by atoms with Crippen LogP contribution in [0.2, 0.25) is 0 Å². The Balaban J connectivity index is 2.25. The average Bonchev–Trinajstić information content (AvgIpc) is 2.47. The van der Waals surface area contributed by atoms with Gasteiger partial charge >= 0.3 is 0 Å². The summed E-state index contributed by atoms with van der Waals surface area (Å²) in [5.41, 5.74) is 3.11. The van der Waals surface area contributed by atoms with Gasteiger partial charge in [0.15, 0.2) is 11.5 Å². The molecular weight excluding hydrogens is 250 g/mol. The molecule has 0 aliphatic heterocycles. The monoisotopic (exact) mass is 269 g/mol. The lowest BCUT2D eigenvalue weighted by molar-refractivity contribution is 0.311. The summed E-state index contributed by atoms with van der Waals surface area (Å²) in [6.07, 6.45) is 1.84. The van der Waals surface area contributed by atoms with Crippen molar-refractivity contribution in [2.24, 2.45) is 4.99 Å². The molecule has 2 rings (SSSR count). The first-order valence-corrected chi connectivity index (χ1v) is 6.65. The summed E-state index contributed by atoms with van der Waals surface area (Å²) in [4.78, 5) is 4.51. The number of hydrogen-bond donors (Lipinski definition) is 0. The number of aliphatic imine (C=N–C) groups is 1. The molecule has 0 spiro atoms. The Labute approximate surface area is 119 Å². The van der Waals surface area contributed by atoms with Crippen molar-refractivity contribution in [2.75, 3.05) is 13.7 Å². The number of nitrogens with zero attached hydrogens (tertiary/aromatic N) is 1. The number of para-hydroxylation sites is 1. The van der Waals surface area contributed by atoms with Gasteiger partial charge < -0.3 is 9.47 Å². The normalized spacial score (nSPS) is 10.8. The molecule has 0 N–H and O–H groups in total. The first kappa shape index (κ1) is 14.1. The minimum absolute atomic E-state index is 0.606. The summed E-state index contributed by atoms with van der Waals surface area (Å²) < 4.78 is 10.8. The molecule has 0 aromatic heterocycles. The standard InChI is InChI=1S/C17H19NO2/c1-4-20-17-11-14(9-10-16(17)19-3)12-18-15-8-6-5-7-13(15)2/h5-12H,4H2,1-3H3. The highest BCUT2D eigenvalue weighted by Gasteiger charge is 2.04. The van der Waals surface area contributed by atoms with E-state index in [4.69, 9.17) is 9.47 Å². The van der Waals surface area contributed by atoms with Crippen LogP contribution in [-0.4, -0.2) is 19.9 Å². The van der Waals surface area contributed by atoms with Gasteiger partial charge in [-0.25, -0.2) is 0 Å². The van der Waals surface area contributed by atoms with Crippen LogP contribution in [0.15, 0.2) is 47.5 Å². The van der Waals surface area contributed by atoms with Crippen molar-refractivity contribution in [1.29, 1.82) is 0 Å². The minimum Gasteiger partial charge on any atom is -0.493 e. The molecule has 0 atom stereocenters. The quantitative estimate of drug-likeness (QED) is 0.763. The predicted molar refractivity (Wildman–Crippen MR) is 82.6 cm³/mol. The molecule has 0 bridgehead atoms. The summed E-state index contributed by atoms with van der Waals surface area (Å²) in [6, 6.07) is 13.8. The van der Waals surface area contributed by atoms with E-state index in [-0.39, 0.29) is 0 Å². The number of hydrogen-bond acceptors (Lipinski definition) is 3. The zero-order valence-corrected chi connectivity index (χ0v) is 12.1. The molecule has 0 radical (unpaired) electrons. The molecule has 3 nitrogen and oxygen atoms in total. The van der Waals surface area contributed by atoms with Crippen LogP contribution in [0.3, 0.4) is 0 Å². The topological polar surface area (TPSA) is 30.8 Å². The zero-order chi connectivity index (χ0) is 14.4. The maximum atomic E-state index is 5.56. The van der Waals surface area contributed by atoms with E-state index in [0.29, 0.717) is 6.61 Å². The average molecular weight is 269 g/mol. The second kappa shape index (κ2) is 6.75. The molecule has 0 aliphatic rings. The number of rotatable bonds is 5. The summed E-state index contributed by atoms with van der Waals surface area (Å²) in [5.74, 6) is 1.48. The molecule has 0 fully saturated rings. The maximum Gasteiger partial charge on any atom is 0.161 e. The van der Waals surface area contributed by atoms with Gasteiger partial charge in [-0.1, -0.05) is 18.2 Å². The third-order valence-corrected chi connectivity index (χ3v) is 2.96. The van der Waals surface area contributed by atoms with Crippen molar-refractivity contribution in [3.8, 4) is 11.5 Å². The fraction of sp³-hybridized carbons (Fsp3) is 0.235. The van der Waals surface area contributed by atoms with E-state index in [2.05, 4.69) is 4.99 Å². The lowest BCUT2D eigenvalue weighted by Crippen LogP contribution is -1.96. The van der Waals surface area contributed by atoms with E-state index >= 15 is 0 Å². The second-order valence-electron chi connectivity index (χ2n) is 4.39. The number of aryl methyl sites for hydroxylation is 1. The Morgan fingerprint density at radius 1 is 1.10 bits per heavy atom. The molecule has 20 heavy (non-hydrogen) atoms. The van der Waals surface area contributed by atoms with Gasteiger partial charge in [0.05, 0.1) is 19.4 Å². The fourth-order valence-corrected chi connectivity index (χ4v) is 1.89. The van der Waals surface area contributed by atoms with Crippen LogP contribution < -0.4 is 9.47 Å². The summed E-state index contributed by atoms with van der Waals surface area (Å²) in [5, 5.41) is 0. The van der Waals surface area contributed by atoms with Crippen molar-refractivity contribution in [2.45, 2.75) is 13.8 Å². The molecule has 2 aromatic rings. The van der Waals surface area contributed by atoms with Gasteiger partial charge in [0.2, 0.25) is 0 Å². The van der Waals surface area contributed by atoms with Gasteiger partial charge in [0.1, 0.15) is 0 Å². The molecule has 0 amide bonds. The molecule has 0 aliphatic carbocycles. The van der Waals surface area contributed by atoms with E-state index < -0.39 is 0 Å². The van der Waals surface area contributed by atoms with Gasteiger partial charge in [0, 0.05) is 6.21 Å². The van der Waals surface area contributed by atoms with Crippen molar-refractivity contribution in [3.05, 3.63) is 53.6 Å². The van der Waals surface area contributed by atoms with Gasteiger partial charge in [-0.05, 0) is 49.2 Å². The summed E-state index contributed by atoms with van der Waals surface area (Å²) in [6.45, 7) is 4.61. The maximum absolute atomic E-state index is 5.56. The van der Waals surface area contributed by atoms with Gasteiger partial charge in [-0.3, -0.25) is 4.99 Å². The third kappa shape index (κ3) is 3.38. The van der Waals surface area contributed by atoms with Crippen LogP contribution in [0.25, 0.3) is 0 Å². The molecule has 0 saturated carbocycles. The minimum atomic E-state index is 0.606. The van der Waals surface area contributed by atoms with E-state index in [0.717, 1.165) is 28.3 Å². The Morgan fingerprint density at radius 3 is 2.60 bits per heavy atom. The number of ether oxygens (including phenoxy) is 2. The highest BCUT2D eigenvalue weighted by atomic mass is 16.5. The predicted octanol–water partition coefficient (Wildman–Crippen LogP) is 4.15. The summed E-state index contributed by atoms with van der Waals surface area (Å²) >= 11 is 0. The smallest absolute Gasteiger partial charge is 0.161 e. The number of benzene rings is 2. The summed E-state index contributed by atoms with van der Waals surface area (Å²) in [7, 11) is 1.64. The van der Waals surface area contributed by atoms with Crippen molar-refractivity contribution < 1.29 is 9.47 Å². The highest BCUT2D eigenvalue weighted by Crippen LogP contribution is 2.27. The van der Waals surface area contributed by atoms with Crippen LogP contribution in [0.5, 0.6) is 11.5 Å². The largest absolute Gasteiger partial charge is 0.493 e. The van der Waals surface area contributed by atoms with Gasteiger partial charge in [-0.2, -0.15) is 0 Å². The van der Waals surface area contributed by atoms with Crippen LogP contribution in [0, 0.1) is 6.92 Å². The van der Waals surface area contributed by atoms with Crippen molar-refractivity contribution in [3.63, 3.8) is 0 Å². The van der Waals surface area contributed by atoms with E-state index in [1.54, 1.807) is 7.11 Å². The molecule has 3 heteroatoms. The first-order chi connectivity index (χ1) is 9.74. The fourth-order valence-electron chi connectivity index (χ4n) is 1.89. The molecular formula is C17H19NO2. The van der Waals surface area contributed by atoms with Crippen LogP contribution in [-0.2, 0) is 0 Å².